The number of rotatable bonds is 2. The Morgan fingerprint density at radius 2 is 1.75 bits per heavy atom. The summed E-state index contributed by atoms with van der Waals surface area (Å²) in [6.07, 6.45) is 12.2. The van der Waals surface area contributed by atoms with Crippen molar-refractivity contribution in [2.75, 3.05) is 13.1 Å². The van der Waals surface area contributed by atoms with Crippen LogP contribution in [-0.4, -0.2) is 29.6 Å². The highest BCUT2D eigenvalue weighted by Gasteiger charge is 2.31. The lowest BCUT2D eigenvalue weighted by Gasteiger charge is -2.40. The Kier molecular flexibility index (Phi) is 4.26. The zero-order valence-electron chi connectivity index (χ0n) is 10.9. The van der Waals surface area contributed by atoms with E-state index in [4.69, 9.17) is 5.73 Å². The van der Waals surface area contributed by atoms with Crippen molar-refractivity contribution in [3.05, 3.63) is 0 Å². The smallest absolute Gasteiger partial charge is 0.0283 e. The average Bonchev–Trinajstić information content (AvgIpc) is 2.45. The zero-order valence-corrected chi connectivity index (χ0v) is 10.9. The maximum absolute atomic E-state index is 6.56. The van der Waals surface area contributed by atoms with Gasteiger partial charge in [0.2, 0.25) is 0 Å². The summed E-state index contributed by atoms with van der Waals surface area (Å²) in [6.45, 7) is 4.81. The highest BCUT2D eigenvalue weighted by molar-refractivity contribution is 4.91. The van der Waals surface area contributed by atoms with E-state index in [1.807, 2.05) is 0 Å². The molecule has 2 rings (SSSR count). The molecule has 2 heteroatoms. The number of hydrogen-bond donors (Lipinski definition) is 1. The van der Waals surface area contributed by atoms with Crippen molar-refractivity contribution >= 4 is 0 Å². The molecule has 1 saturated carbocycles. The van der Waals surface area contributed by atoms with Gasteiger partial charge in [0.25, 0.3) is 0 Å². The molecule has 0 spiro atoms. The lowest BCUT2D eigenvalue weighted by Crippen LogP contribution is -2.53. The summed E-state index contributed by atoms with van der Waals surface area (Å²) >= 11 is 0. The van der Waals surface area contributed by atoms with Crippen LogP contribution in [0.15, 0.2) is 0 Å². The fourth-order valence-electron chi connectivity index (χ4n) is 3.39. The number of likely N-dealkylation sites (tertiary alicyclic amines) is 1. The summed E-state index contributed by atoms with van der Waals surface area (Å²) in [6, 6.07) is 0.754. The van der Waals surface area contributed by atoms with Gasteiger partial charge >= 0.3 is 0 Å². The first-order valence-corrected chi connectivity index (χ1v) is 7.23. The van der Waals surface area contributed by atoms with Crippen molar-refractivity contribution in [2.45, 2.75) is 76.3 Å². The van der Waals surface area contributed by atoms with Crippen LogP contribution in [0.5, 0.6) is 0 Å². The summed E-state index contributed by atoms with van der Waals surface area (Å²) in [5.41, 5.74) is 6.70. The third-order valence-corrected chi connectivity index (χ3v) is 4.56. The van der Waals surface area contributed by atoms with E-state index in [-0.39, 0.29) is 5.54 Å². The van der Waals surface area contributed by atoms with Gasteiger partial charge in [0.15, 0.2) is 0 Å². The number of nitrogens with zero attached hydrogens (tertiary/aromatic N) is 1. The van der Waals surface area contributed by atoms with Crippen LogP contribution in [-0.2, 0) is 0 Å². The molecule has 2 aliphatic rings. The minimum Gasteiger partial charge on any atom is -0.324 e. The molecule has 94 valence electrons. The van der Waals surface area contributed by atoms with Gasteiger partial charge in [-0.2, -0.15) is 0 Å². The molecule has 1 saturated heterocycles. The fourth-order valence-corrected chi connectivity index (χ4v) is 3.39. The molecule has 0 bridgehead atoms. The van der Waals surface area contributed by atoms with E-state index in [1.54, 1.807) is 0 Å². The molecule has 2 fully saturated rings. The molecule has 16 heavy (non-hydrogen) atoms. The molecular weight excluding hydrogens is 196 g/mol. The quantitative estimate of drug-likeness (QED) is 0.781. The summed E-state index contributed by atoms with van der Waals surface area (Å²) in [4.78, 5) is 2.66. The molecular formula is C14H28N2. The van der Waals surface area contributed by atoms with Crippen molar-refractivity contribution in [3.8, 4) is 0 Å². The number of nitrogens with two attached hydrogens (primary N) is 1. The Hall–Kier alpha value is -0.0800. The van der Waals surface area contributed by atoms with Crippen molar-refractivity contribution in [3.63, 3.8) is 0 Å². The van der Waals surface area contributed by atoms with Gasteiger partial charge in [0, 0.05) is 18.1 Å². The van der Waals surface area contributed by atoms with Gasteiger partial charge in [-0.05, 0) is 39.2 Å². The molecule has 0 aromatic carbocycles. The van der Waals surface area contributed by atoms with E-state index in [1.165, 1.54) is 64.3 Å². The van der Waals surface area contributed by atoms with E-state index < -0.39 is 0 Å². The standard InChI is InChI=1S/C14H28N2/c1-13-8-4-2-7-11-16(13)12-14(15)9-5-3-6-10-14/h13H,2-12,15H2,1H3. The van der Waals surface area contributed by atoms with Gasteiger partial charge < -0.3 is 5.73 Å². The topological polar surface area (TPSA) is 29.3 Å². The van der Waals surface area contributed by atoms with E-state index in [0.29, 0.717) is 0 Å². The predicted octanol–water partition coefficient (Wildman–Crippen LogP) is 2.91. The molecule has 0 aromatic rings. The zero-order chi connectivity index (χ0) is 11.4. The van der Waals surface area contributed by atoms with Gasteiger partial charge in [0.1, 0.15) is 0 Å². The Bertz CT molecular complexity index is 209. The van der Waals surface area contributed by atoms with E-state index in [2.05, 4.69) is 11.8 Å². The van der Waals surface area contributed by atoms with E-state index >= 15 is 0 Å². The summed E-state index contributed by atoms with van der Waals surface area (Å²) in [7, 11) is 0. The van der Waals surface area contributed by atoms with Gasteiger partial charge in [-0.15, -0.1) is 0 Å². The van der Waals surface area contributed by atoms with Crippen molar-refractivity contribution in [1.82, 2.24) is 4.90 Å². The van der Waals surface area contributed by atoms with Crippen LogP contribution in [0.2, 0.25) is 0 Å². The predicted molar refractivity (Wildman–Crippen MR) is 69.5 cm³/mol. The number of hydrogen-bond acceptors (Lipinski definition) is 2. The lowest BCUT2D eigenvalue weighted by atomic mass is 9.82. The molecule has 1 heterocycles. The first kappa shape index (κ1) is 12.4. The van der Waals surface area contributed by atoms with Crippen LogP contribution in [0.1, 0.15) is 64.7 Å². The molecule has 2 N–H and O–H groups in total. The minimum atomic E-state index is 0.136. The third-order valence-electron chi connectivity index (χ3n) is 4.56. The first-order valence-electron chi connectivity index (χ1n) is 7.23. The highest BCUT2D eigenvalue weighted by atomic mass is 15.2. The van der Waals surface area contributed by atoms with Crippen molar-refractivity contribution < 1.29 is 0 Å². The summed E-state index contributed by atoms with van der Waals surface area (Å²) < 4.78 is 0. The van der Waals surface area contributed by atoms with Crippen LogP contribution in [0, 0.1) is 0 Å². The van der Waals surface area contributed by atoms with Crippen LogP contribution in [0.3, 0.4) is 0 Å². The molecule has 1 atom stereocenters. The molecule has 1 unspecified atom stereocenters. The van der Waals surface area contributed by atoms with Crippen molar-refractivity contribution in [1.29, 1.82) is 0 Å². The van der Waals surface area contributed by atoms with Gasteiger partial charge in [-0.3, -0.25) is 4.90 Å². The Morgan fingerprint density at radius 3 is 2.50 bits per heavy atom. The maximum atomic E-state index is 6.56. The minimum absolute atomic E-state index is 0.136. The second-order valence-corrected chi connectivity index (χ2v) is 6.09. The van der Waals surface area contributed by atoms with Crippen LogP contribution < -0.4 is 5.73 Å². The van der Waals surface area contributed by atoms with Crippen LogP contribution in [0.25, 0.3) is 0 Å². The molecule has 1 aliphatic carbocycles. The van der Waals surface area contributed by atoms with Gasteiger partial charge in [-0.1, -0.05) is 32.1 Å². The van der Waals surface area contributed by atoms with Crippen LogP contribution in [0.4, 0.5) is 0 Å². The Balaban J connectivity index is 1.90. The average molecular weight is 224 g/mol. The Labute approximate surface area is 101 Å². The molecule has 0 radical (unpaired) electrons. The third kappa shape index (κ3) is 3.21. The largest absolute Gasteiger partial charge is 0.324 e. The Morgan fingerprint density at radius 1 is 1.06 bits per heavy atom. The van der Waals surface area contributed by atoms with Crippen molar-refractivity contribution in [2.24, 2.45) is 5.73 Å². The summed E-state index contributed by atoms with van der Waals surface area (Å²) in [5.74, 6) is 0. The highest BCUT2D eigenvalue weighted by Crippen LogP contribution is 2.28. The van der Waals surface area contributed by atoms with Crippen LogP contribution >= 0.6 is 0 Å². The molecule has 0 aromatic heterocycles. The summed E-state index contributed by atoms with van der Waals surface area (Å²) in [5, 5.41) is 0. The van der Waals surface area contributed by atoms with E-state index in [9.17, 15) is 0 Å². The monoisotopic (exact) mass is 224 g/mol. The molecule has 1 aliphatic heterocycles. The second kappa shape index (κ2) is 5.50. The fraction of sp³-hybridized carbons (Fsp3) is 1.00. The van der Waals surface area contributed by atoms with Gasteiger partial charge in [0.05, 0.1) is 0 Å². The van der Waals surface area contributed by atoms with E-state index in [0.717, 1.165) is 12.6 Å². The normalized spacial score (nSPS) is 32.2. The first-order chi connectivity index (χ1) is 7.70. The molecule has 0 amide bonds. The SMILES string of the molecule is CC1CCCCCN1CC1(N)CCCCC1. The maximum Gasteiger partial charge on any atom is 0.0283 e. The van der Waals surface area contributed by atoms with Gasteiger partial charge in [-0.25, -0.2) is 0 Å². The second-order valence-electron chi connectivity index (χ2n) is 6.09. The molecule has 2 nitrogen and oxygen atoms in total. The lowest BCUT2D eigenvalue weighted by molar-refractivity contribution is 0.139.